The molecule has 1 aromatic carbocycles. The molecule has 0 aliphatic heterocycles. The summed E-state index contributed by atoms with van der Waals surface area (Å²) in [5, 5.41) is 15.0. The zero-order valence-corrected chi connectivity index (χ0v) is 12.5. The molecule has 0 saturated carbocycles. The van der Waals surface area contributed by atoms with Crippen LogP contribution in [0.1, 0.15) is 0 Å². The van der Waals surface area contributed by atoms with Crippen LogP contribution in [-0.4, -0.2) is 25.9 Å². The Morgan fingerprint density at radius 2 is 1.96 bits per heavy atom. The van der Waals surface area contributed by atoms with Gasteiger partial charge in [-0.2, -0.15) is 13.9 Å². The number of non-ortho nitro benzene ring substituents is 1. The number of ether oxygens (including phenoxy) is 1. The maximum absolute atomic E-state index is 12.7. The van der Waals surface area contributed by atoms with Crippen LogP contribution in [0.5, 0.6) is 5.88 Å². The standard InChI is InChI=1S/C15H12F2N4O3/c1-19-8-2-3-13(19)12-9-14(24-15(16)17)20(18-12)10-4-6-11(7-5-10)21(22)23/h2-9,15H,1H3. The van der Waals surface area contributed by atoms with Gasteiger partial charge < -0.3 is 9.30 Å². The highest BCUT2D eigenvalue weighted by molar-refractivity contribution is 5.58. The van der Waals surface area contributed by atoms with Crippen LogP contribution < -0.4 is 4.74 Å². The van der Waals surface area contributed by atoms with Crippen molar-refractivity contribution < 1.29 is 18.4 Å². The maximum atomic E-state index is 12.7. The summed E-state index contributed by atoms with van der Waals surface area (Å²) in [6.07, 6.45) is 1.80. The number of nitro benzene ring substituents is 1. The van der Waals surface area contributed by atoms with Crippen LogP contribution in [0, 0.1) is 10.1 Å². The predicted octanol–water partition coefficient (Wildman–Crippen LogP) is 3.39. The van der Waals surface area contributed by atoms with Gasteiger partial charge in [-0.15, -0.1) is 0 Å². The molecule has 0 fully saturated rings. The van der Waals surface area contributed by atoms with Crippen molar-refractivity contribution in [2.24, 2.45) is 7.05 Å². The third-order valence-electron chi connectivity index (χ3n) is 3.40. The Kier molecular flexibility index (Phi) is 3.98. The number of benzene rings is 1. The van der Waals surface area contributed by atoms with Gasteiger partial charge in [0.15, 0.2) is 0 Å². The molecule has 0 radical (unpaired) electrons. The monoisotopic (exact) mass is 334 g/mol. The van der Waals surface area contributed by atoms with E-state index in [-0.39, 0.29) is 11.6 Å². The first-order valence-electron chi connectivity index (χ1n) is 6.87. The summed E-state index contributed by atoms with van der Waals surface area (Å²) in [5.41, 5.74) is 1.42. The van der Waals surface area contributed by atoms with Gasteiger partial charge in [0.05, 0.1) is 16.3 Å². The van der Waals surface area contributed by atoms with Gasteiger partial charge >= 0.3 is 6.61 Å². The van der Waals surface area contributed by atoms with Crippen LogP contribution in [0.25, 0.3) is 17.1 Å². The molecule has 0 saturated heterocycles. The van der Waals surface area contributed by atoms with Crippen LogP contribution in [0.2, 0.25) is 0 Å². The second kappa shape index (κ2) is 6.11. The Hall–Kier alpha value is -3.23. The molecule has 0 aliphatic carbocycles. The number of hydrogen-bond acceptors (Lipinski definition) is 4. The average molecular weight is 334 g/mol. The summed E-state index contributed by atoms with van der Waals surface area (Å²) in [6, 6.07) is 10.3. The molecule has 3 aromatic rings. The molecule has 24 heavy (non-hydrogen) atoms. The van der Waals surface area contributed by atoms with Crippen LogP contribution in [0.3, 0.4) is 0 Å². The highest BCUT2D eigenvalue weighted by atomic mass is 19.3. The maximum Gasteiger partial charge on any atom is 0.388 e. The fourth-order valence-electron chi connectivity index (χ4n) is 2.29. The molecule has 0 aliphatic rings. The Labute approximate surface area is 134 Å². The van der Waals surface area contributed by atoms with E-state index in [0.29, 0.717) is 11.4 Å². The van der Waals surface area contributed by atoms with Crippen LogP contribution in [0.4, 0.5) is 14.5 Å². The predicted molar refractivity (Wildman–Crippen MR) is 81.3 cm³/mol. The lowest BCUT2D eigenvalue weighted by Crippen LogP contribution is -2.07. The second-order valence-electron chi connectivity index (χ2n) is 4.94. The van der Waals surface area contributed by atoms with Crippen LogP contribution >= 0.6 is 0 Å². The molecule has 124 valence electrons. The van der Waals surface area contributed by atoms with Crippen molar-refractivity contribution in [3.8, 4) is 23.0 Å². The molecular weight excluding hydrogens is 322 g/mol. The topological polar surface area (TPSA) is 75.1 Å². The molecule has 0 atom stereocenters. The van der Waals surface area contributed by atoms with Crippen molar-refractivity contribution in [1.82, 2.24) is 14.3 Å². The van der Waals surface area contributed by atoms with E-state index < -0.39 is 11.5 Å². The van der Waals surface area contributed by atoms with Crippen molar-refractivity contribution in [1.29, 1.82) is 0 Å². The highest BCUT2D eigenvalue weighted by Gasteiger charge is 2.17. The van der Waals surface area contributed by atoms with E-state index in [4.69, 9.17) is 0 Å². The van der Waals surface area contributed by atoms with E-state index in [1.807, 2.05) is 0 Å². The third kappa shape index (κ3) is 2.96. The number of aryl methyl sites for hydroxylation is 1. The van der Waals surface area contributed by atoms with E-state index in [2.05, 4.69) is 9.84 Å². The number of hydrogen-bond donors (Lipinski definition) is 0. The molecule has 3 rings (SSSR count). The number of halogens is 2. The Bertz CT molecular complexity index is 871. The molecule has 7 nitrogen and oxygen atoms in total. The normalized spacial score (nSPS) is 11.0. The smallest absolute Gasteiger partial charge is 0.388 e. The quantitative estimate of drug-likeness (QED) is 0.529. The Balaban J connectivity index is 2.06. The number of alkyl halides is 2. The molecule has 0 N–H and O–H groups in total. The van der Waals surface area contributed by atoms with Gasteiger partial charge in [0, 0.05) is 31.4 Å². The van der Waals surface area contributed by atoms with Gasteiger partial charge in [0.1, 0.15) is 5.69 Å². The largest absolute Gasteiger partial charge is 0.417 e. The number of nitrogens with zero attached hydrogens (tertiary/aromatic N) is 4. The molecule has 0 spiro atoms. The van der Waals surface area contributed by atoms with E-state index in [9.17, 15) is 18.9 Å². The van der Waals surface area contributed by atoms with E-state index in [1.165, 1.54) is 35.0 Å². The summed E-state index contributed by atoms with van der Waals surface area (Å²) in [5.74, 6) is -0.157. The van der Waals surface area contributed by atoms with Gasteiger partial charge in [-0.05, 0) is 24.3 Å². The lowest BCUT2D eigenvalue weighted by molar-refractivity contribution is -0.384. The summed E-state index contributed by atoms with van der Waals surface area (Å²) >= 11 is 0. The van der Waals surface area contributed by atoms with Crippen molar-refractivity contribution in [2.45, 2.75) is 6.61 Å². The van der Waals surface area contributed by atoms with Crippen molar-refractivity contribution in [3.63, 3.8) is 0 Å². The zero-order chi connectivity index (χ0) is 17.3. The Morgan fingerprint density at radius 3 is 2.50 bits per heavy atom. The molecule has 0 unspecified atom stereocenters. The fraction of sp³-hybridized carbons (Fsp3) is 0.133. The lowest BCUT2D eigenvalue weighted by atomic mass is 10.3. The minimum atomic E-state index is -3.01. The average Bonchev–Trinajstić information content (AvgIpc) is 3.13. The van der Waals surface area contributed by atoms with Gasteiger partial charge in [-0.3, -0.25) is 10.1 Å². The number of nitro groups is 1. The zero-order valence-electron chi connectivity index (χ0n) is 12.5. The molecule has 9 heteroatoms. The molecule has 0 bridgehead atoms. The van der Waals surface area contributed by atoms with Gasteiger partial charge in [-0.25, -0.2) is 4.68 Å². The van der Waals surface area contributed by atoms with Crippen molar-refractivity contribution >= 4 is 5.69 Å². The highest BCUT2D eigenvalue weighted by Crippen LogP contribution is 2.28. The summed E-state index contributed by atoms with van der Waals surface area (Å²) < 4.78 is 32.8. The SMILES string of the molecule is Cn1cccc1-c1cc(OC(F)F)n(-c2ccc([N+](=O)[O-])cc2)n1. The number of aromatic nitrogens is 3. The van der Waals surface area contributed by atoms with Gasteiger partial charge in [0.2, 0.25) is 5.88 Å². The molecule has 2 heterocycles. The van der Waals surface area contributed by atoms with Gasteiger partial charge in [0.25, 0.3) is 5.69 Å². The number of rotatable bonds is 5. The van der Waals surface area contributed by atoms with Crippen LogP contribution in [-0.2, 0) is 7.05 Å². The first kappa shape index (κ1) is 15.7. The van der Waals surface area contributed by atoms with Gasteiger partial charge in [-0.1, -0.05) is 0 Å². The first-order valence-corrected chi connectivity index (χ1v) is 6.87. The van der Waals surface area contributed by atoms with Crippen molar-refractivity contribution in [3.05, 3.63) is 58.8 Å². The minimum Gasteiger partial charge on any atom is -0.417 e. The minimum absolute atomic E-state index is 0.107. The summed E-state index contributed by atoms with van der Waals surface area (Å²) in [4.78, 5) is 10.2. The summed E-state index contributed by atoms with van der Waals surface area (Å²) in [7, 11) is 1.80. The second-order valence-corrected chi connectivity index (χ2v) is 4.94. The molecule has 0 amide bonds. The van der Waals surface area contributed by atoms with Crippen LogP contribution in [0.15, 0.2) is 48.7 Å². The van der Waals surface area contributed by atoms with E-state index in [0.717, 1.165) is 5.69 Å². The lowest BCUT2D eigenvalue weighted by Gasteiger charge is -2.07. The Morgan fingerprint density at radius 1 is 1.25 bits per heavy atom. The first-order chi connectivity index (χ1) is 11.5. The van der Waals surface area contributed by atoms with Crippen molar-refractivity contribution in [2.75, 3.05) is 0 Å². The fourth-order valence-corrected chi connectivity index (χ4v) is 2.29. The summed E-state index contributed by atoms with van der Waals surface area (Å²) in [6.45, 7) is -3.01. The molecule has 2 aromatic heterocycles. The third-order valence-corrected chi connectivity index (χ3v) is 3.40. The van der Waals surface area contributed by atoms with E-state index >= 15 is 0 Å². The van der Waals surface area contributed by atoms with E-state index in [1.54, 1.807) is 29.9 Å². The molecular formula is C15H12F2N4O3.